The fraction of sp³-hybridized carbons (Fsp3) is 0. The number of pyridine rings is 1. The van der Waals surface area contributed by atoms with Crippen molar-refractivity contribution in [1.82, 2.24) is 15.0 Å². The second kappa shape index (κ2) is 6.54. The van der Waals surface area contributed by atoms with Gasteiger partial charge in [0, 0.05) is 41.5 Å². The number of carbonyl (C=O) groups is 1. The molecular weight excluding hydrogens is 274 g/mol. The number of rotatable bonds is 4. The average molecular weight is 287 g/mol. The van der Waals surface area contributed by atoms with E-state index in [1.807, 2.05) is 30.3 Å². The maximum absolute atomic E-state index is 11.9. The number of hydrogen-bond donors (Lipinski definition) is 0. The van der Waals surface area contributed by atoms with Crippen LogP contribution >= 0.6 is 0 Å². The largest absolute Gasteiger partial charge is 0.289 e. The zero-order valence-corrected chi connectivity index (χ0v) is 11.8. The lowest BCUT2D eigenvalue weighted by molar-refractivity contribution is 0.104. The van der Waals surface area contributed by atoms with Gasteiger partial charge >= 0.3 is 0 Å². The van der Waals surface area contributed by atoms with E-state index >= 15 is 0 Å². The monoisotopic (exact) mass is 287 g/mol. The molecule has 0 radical (unpaired) electrons. The number of aromatic nitrogens is 3. The van der Waals surface area contributed by atoms with Crippen LogP contribution in [0.15, 0.2) is 73.3 Å². The standard InChI is InChI=1S/C18H13N3O/c22-17(16-7-4-10-19-13-16)9-8-14-11-20-18(21-12-14)15-5-2-1-3-6-15/h1-13H. The highest BCUT2D eigenvalue weighted by molar-refractivity contribution is 6.06. The Balaban J connectivity index is 1.74. The molecule has 4 nitrogen and oxygen atoms in total. The summed E-state index contributed by atoms with van der Waals surface area (Å²) in [5.74, 6) is 0.566. The lowest BCUT2D eigenvalue weighted by atomic mass is 10.1. The van der Waals surface area contributed by atoms with Gasteiger partial charge in [0.15, 0.2) is 11.6 Å². The van der Waals surface area contributed by atoms with Crippen LogP contribution < -0.4 is 0 Å². The van der Waals surface area contributed by atoms with E-state index in [-0.39, 0.29) is 5.78 Å². The normalized spacial score (nSPS) is 10.7. The minimum Gasteiger partial charge on any atom is -0.289 e. The fourth-order valence-corrected chi connectivity index (χ4v) is 1.94. The van der Waals surface area contributed by atoms with Crippen molar-refractivity contribution in [2.24, 2.45) is 0 Å². The Morgan fingerprint density at radius 3 is 2.36 bits per heavy atom. The first-order chi connectivity index (χ1) is 10.8. The van der Waals surface area contributed by atoms with E-state index in [2.05, 4.69) is 15.0 Å². The third-order valence-electron chi connectivity index (χ3n) is 3.08. The van der Waals surface area contributed by atoms with Gasteiger partial charge in [-0.15, -0.1) is 0 Å². The molecule has 1 aromatic carbocycles. The highest BCUT2D eigenvalue weighted by atomic mass is 16.1. The quantitative estimate of drug-likeness (QED) is 0.545. The Hall–Kier alpha value is -3.14. The van der Waals surface area contributed by atoms with Crippen LogP contribution in [0.1, 0.15) is 15.9 Å². The van der Waals surface area contributed by atoms with Gasteiger partial charge < -0.3 is 0 Å². The van der Waals surface area contributed by atoms with Crippen molar-refractivity contribution < 1.29 is 4.79 Å². The Kier molecular flexibility index (Phi) is 4.11. The first-order valence-corrected chi connectivity index (χ1v) is 6.83. The zero-order valence-electron chi connectivity index (χ0n) is 11.8. The average Bonchev–Trinajstić information content (AvgIpc) is 2.61. The van der Waals surface area contributed by atoms with E-state index in [1.54, 1.807) is 43.0 Å². The Bertz CT molecular complexity index is 782. The van der Waals surface area contributed by atoms with Crippen LogP contribution in [0, 0.1) is 0 Å². The number of carbonyl (C=O) groups excluding carboxylic acids is 1. The van der Waals surface area contributed by atoms with Gasteiger partial charge in [-0.25, -0.2) is 9.97 Å². The first kappa shape index (κ1) is 13.8. The van der Waals surface area contributed by atoms with Crippen LogP contribution in [-0.2, 0) is 0 Å². The molecule has 2 heterocycles. The smallest absolute Gasteiger partial charge is 0.187 e. The van der Waals surface area contributed by atoms with E-state index in [0.29, 0.717) is 11.4 Å². The van der Waals surface area contributed by atoms with Gasteiger partial charge in [-0.1, -0.05) is 30.3 Å². The molecule has 0 unspecified atom stereocenters. The van der Waals surface area contributed by atoms with E-state index in [0.717, 1.165) is 11.1 Å². The summed E-state index contributed by atoms with van der Waals surface area (Å²) in [5, 5.41) is 0. The molecule has 4 heteroatoms. The molecule has 0 fully saturated rings. The van der Waals surface area contributed by atoms with E-state index in [1.165, 1.54) is 6.08 Å². The lowest BCUT2D eigenvalue weighted by Crippen LogP contribution is -1.94. The van der Waals surface area contributed by atoms with Crippen LogP contribution in [0.2, 0.25) is 0 Å². The topological polar surface area (TPSA) is 55.7 Å². The summed E-state index contributed by atoms with van der Waals surface area (Å²) in [4.78, 5) is 24.5. The molecule has 0 amide bonds. The van der Waals surface area contributed by atoms with Gasteiger partial charge in [0.25, 0.3) is 0 Å². The van der Waals surface area contributed by atoms with Crippen molar-refractivity contribution in [3.05, 3.63) is 84.5 Å². The summed E-state index contributed by atoms with van der Waals surface area (Å²) in [5.41, 5.74) is 2.29. The summed E-state index contributed by atoms with van der Waals surface area (Å²) in [7, 11) is 0. The summed E-state index contributed by atoms with van der Waals surface area (Å²) in [6.07, 6.45) is 9.77. The minimum absolute atomic E-state index is 0.0970. The summed E-state index contributed by atoms with van der Waals surface area (Å²) < 4.78 is 0. The molecule has 3 rings (SSSR count). The molecule has 0 saturated carbocycles. The lowest BCUT2D eigenvalue weighted by Gasteiger charge is -1.99. The molecule has 22 heavy (non-hydrogen) atoms. The van der Waals surface area contributed by atoms with Gasteiger partial charge in [0.05, 0.1) is 0 Å². The molecular formula is C18H13N3O. The van der Waals surface area contributed by atoms with Gasteiger partial charge in [-0.2, -0.15) is 0 Å². The fourth-order valence-electron chi connectivity index (χ4n) is 1.94. The molecule has 106 valence electrons. The molecule has 0 N–H and O–H groups in total. The second-order valence-corrected chi connectivity index (χ2v) is 4.65. The third-order valence-corrected chi connectivity index (χ3v) is 3.08. The highest BCUT2D eigenvalue weighted by Gasteiger charge is 2.02. The first-order valence-electron chi connectivity index (χ1n) is 6.83. The SMILES string of the molecule is O=C(C=Cc1cnc(-c2ccccc2)nc1)c1cccnc1. The molecule has 0 spiro atoms. The van der Waals surface area contributed by atoms with E-state index in [4.69, 9.17) is 0 Å². The van der Waals surface area contributed by atoms with E-state index in [9.17, 15) is 4.79 Å². The van der Waals surface area contributed by atoms with Crippen LogP contribution in [0.3, 0.4) is 0 Å². The van der Waals surface area contributed by atoms with Crippen molar-refractivity contribution >= 4 is 11.9 Å². The maximum Gasteiger partial charge on any atom is 0.187 e. The summed E-state index contributed by atoms with van der Waals surface area (Å²) in [6.45, 7) is 0. The minimum atomic E-state index is -0.0970. The third kappa shape index (κ3) is 3.30. The van der Waals surface area contributed by atoms with Crippen molar-refractivity contribution in [3.63, 3.8) is 0 Å². The Morgan fingerprint density at radius 1 is 0.909 bits per heavy atom. The van der Waals surface area contributed by atoms with Crippen LogP contribution in [-0.4, -0.2) is 20.7 Å². The van der Waals surface area contributed by atoms with Crippen LogP contribution in [0.25, 0.3) is 17.5 Å². The van der Waals surface area contributed by atoms with Gasteiger partial charge in [-0.05, 0) is 24.3 Å². The molecule has 3 aromatic rings. The van der Waals surface area contributed by atoms with Crippen molar-refractivity contribution in [1.29, 1.82) is 0 Å². The molecule has 0 saturated heterocycles. The number of allylic oxidation sites excluding steroid dienone is 1. The van der Waals surface area contributed by atoms with E-state index < -0.39 is 0 Å². The number of benzene rings is 1. The Labute approximate surface area is 128 Å². The number of hydrogen-bond acceptors (Lipinski definition) is 4. The van der Waals surface area contributed by atoms with Gasteiger partial charge in [0.2, 0.25) is 0 Å². The summed E-state index contributed by atoms with van der Waals surface area (Å²) in [6, 6.07) is 13.2. The Morgan fingerprint density at radius 2 is 1.68 bits per heavy atom. The number of nitrogens with zero attached hydrogens (tertiary/aromatic N) is 3. The van der Waals surface area contributed by atoms with Gasteiger partial charge in [0.1, 0.15) is 0 Å². The number of ketones is 1. The predicted molar refractivity (Wildman–Crippen MR) is 85.1 cm³/mol. The van der Waals surface area contributed by atoms with Gasteiger partial charge in [-0.3, -0.25) is 9.78 Å². The predicted octanol–water partition coefficient (Wildman–Crippen LogP) is 3.43. The van der Waals surface area contributed by atoms with Crippen molar-refractivity contribution in [2.75, 3.05) is 0 Å². The molecule has 0 aliphatic carbocycles. The van der Waals surface area contributed by atoms with Crippen molar-refractivity contribution in [2.45, 2.75) is 0 Å². The zero-order chi connectivity index (χ0) is 15.2. The highest BCUT2D eigenvalue weighted by Crippen LogP contribution is 2.13. The molecule has 0 aliphatic heterocycles. The molecule has 2 aromatic heterocycles. The summed E-state index contributed by atoms with van der Waals surface area (Å²) >= 11 is 0. The molecule has 0 aliphatic rings. The molecule has 0 atom stereocenters. The van der Waals surface area contributed by atoms with Crippen LogP contribution in [0.5, 0.6) is 0 Å². The van der Waals surface area contributed by atoms with Crippen LogP contribution in [0.4, 0.5) is 0 Å². The van der Waals surface area contributed by atoms with Crippen molar-refractivity contribution in [3.8, 4) is 11.4 Å². The second-order valence-electron chi connectivity index (χ2n) is 4.65. The molecule has 0 bridgehead atoms. The maximum atomic E-state index is 11.9.